The first-order chi connectivity index (χ1) is 15.5. The molecular weight excluding hydrogens is 418 g/mol. The number of ether oxygens (including phenoxy) is 2. The number of hydrogen-bond donors (Lipinski definition) is 0. The summed E-state index contributed by atoms with van der Waals surface area (Å²) in [5.74, 6) is 1.21. The lowest BCUT2D eigenvalue weighted by Gasteiger charge is -2.57. The highest BCUT2D eigenvalue weighted by Gasteiger charge is 2.58. The number of rotatable bonds is 7. The summed E-state index contributed by atoms with van der Waals surface area (Å²) in [6.45, 7) is 14.9. The van der Waals surface area contributed by atoms with Crippen LogP contribution in [0.25, 0.3) is 10.4 Å². The molecule has 0 bridgehead atoms. The van der Waals surface area contributed by atoms with Crippen LogP contribution >= 0.6 is 0 Å². The van der Waals surface area contributed by atoms with Crippen LogP contribution in [0.2, 0.25) is 0 Å². The molecule has 3 aliphatic rings. The van der Waals surface area contributed by atoms with Crippen molar-refractivity contribution in [3.05, 3.63) is 22.6 Å². The van der Waals surface area contributed by atoms with Crippen molar-refractivity contribution >= 4 is 11.9 Å². The number of esters is 2. The second kappa shape index (κ2) is 10.1. The molecule has 0 heterocycles. The van der Waals surface area contributed by atoms with Crippen LogP contribution < -0.4 is 0 Å². The van der Waals surface area contributed by atoms with Crippen molar-refractivity contribution in [3.63, 3.8) is 0 Å². The number of allylic oxidation sites excluding steroid dienone is 1. The quantitative estimate of drug-likeness (QED) is 0.148. The van der Waals surface area contributed by atoms with Gasteiger partial charge in [-0.2, -0.15) is 0 Å². The van der Waals surface area contributed by atoms with E-state index in [0.29, 0.717) is 43.2 Å². The molecule has 0 spiro atoms. The van der Waals surface area contributed by atoms with E-state index in [2.05, 4.69) is 37.4 Å². The zero-order valence-electron chi connectivity index (χ0n) is 21.0. The Morgan fingerprint density at radius 1 is 1.03 bits per heavy atom. The molecule has 3 aliphatic carbocycles. The van der Waals surface area contributed by atoms with Crippen molar-refractivity contribution in [1.29, 1.82) is 0 Å². The van der Waals surface area contributed by atoms with Crippen molar-refractivity contribution in [2.75, 3.05) is 13.2 Å². The minimum Gasteiger partial charge on any atom is -0.466 e. The van der Waals surface area contributed by atoms with Crippen LogP contribution in [-0.4, -0.2) is 31.2 Å². The first-order valence-electron chi connectivity index (χ1n) is 12.5. The Kier molecular flexibility index (Phi) is 7.83. The van der Waals surface area contributed by atoms with Gasteiger partial charge in [0.1, 0.15) is 6.10 Å². The first kappa shape index (κ1) is 25.6. The highest BCUT2D eigenvalue weighted by Crippen LogP contribution is 2.65. The standard InChI is InChI=1S/C26H41N3O4/c1-16(2)22-7-8-23-21(14-28-29-27)24(10-12-26(22,23)6)25(5)11-9-20(33-18(4)31)13-19(25)15-32-17(3)30/h19-24H,1,7-15H2,2-6H3/t19-,20+,21+,22-,23?,24?,25+,26-/m1/s1. The number of carbonyl (C=O) groups is 2. The Morgan fingerprint density at radius 3 is 2.30 bits per heavy atom. The van der Waals surface area contributed by atoms with E-state index in [1.807, 2.05) is 0 Å². The van der Waals surface area contributed by atoms with Gasteiger partial charge in [0.05, 0.1) is 6.61 Å². The Labute approximate surface area is 198 Å². The van der Waals surface area contributed by atoms with Gasteiger partial charge in [0.2, 0.25) is 0 Å². The van der Waals surface area contributed by atoms with Crippen molar-refractivity contribution in [2.45, 2.75) is 85.7 Å². The van der Waals surface area contributed by atoms with E-state index in [9.17, 15) is 9.59 Å². The monoisotopic (exact) mass is 459 g/mol. The van der Waals surface area contributed by atoms with Crippen molar-refractivity contribution < 1.29 is 19.1 Å². The molecular formula is C26H41N3O4. The number of hydrogen-bond acceptors (Lipinski definition) is 5. The average Bonchev–Trinajstić information content (AvgIpc) is 3.09. The summed E-state index contributed by atoms with van der Waals surface area (Å²) in [6, 6.07) is 0. The number of azide groups is 1. The van der Waals surface area contributed by atoms with Crippen LogP contribution in [0.4, 0.5) is 0 Å². The maximum absolute atomic E-state index is 11.7. The van der Waals surface area contributed by atoms with Gasteiger partial charge in [-0.05, 0) is 91.9 Å². The molecule has 0 N–H and O–H groups in total. The van der Waals surface area contributed by atoms with E-state index in [-0.39, 0.29) is 34.8 Å². The molecule has 8 atom stereocenters. The van der Waals surface area contributed by atoms with Crippen LogP contribution in [0, 0.1) is 40.4 Å². The molecule has 0 aromatic rings. The van der Waals surface area contributed by atoms with Gasteiger partial charge in [-0.1, -0.05) is 31.1 Å². The predicted molar refractivity (Wildman–Crippen MR) is 127 cm³/mol. The summed E-state index contributed by atoms with van der Waals surface area (Å²) in [5, 5.41) is 4.09. The van der Waals surface area contributed by atoms with Crippen LogP contribution in [0.5, 0.6) is 0 Å². The lowest BCUT2D eigenvalue weighted by atomic mass is 9.48. The summed E-state index contributed by atoms with van der Waals surface area (Å²) in [4.78, 5) is 26.4. The molecule has 33 heavy (non-hydrogen) atoms. The first-order valence-corrected chi connectivity index (χ1v) is 12.5. The van der Waals surface area contributed by atoms with Crippen LogP contribution in [-0.2, 0) is 19.1 Å². The van der Waals surface area contributed by atoms with E-state index in [0.717, 1.165) is 38.5 Å². The Bertz CT molecular complexity index is 822. The predicted octanol–water partition coefficient (Wildman–Crippen LogP) is 6.23. The molecule has 184 valence electrons. The van der Waals surface area contributed by atoms with Crippen molar-refractivity contribution in [1.82, 2.24) is 0 Å². The summed E-state index contributed by atoms with van der Waals surface area (Å²) in [6.07, 6.45) is 6.76. The third-order valence-corrected chi connectivity index (χ3v) is 9.54. The molecule has 7 heteroatoms. The molecule has 0 aliphatic heterocycles. The van der Waals surface area contributed by atoms with Gasteiger partial charge in [0.25, 0.3) is 0 Å². The molecule has 2 unspecified atom stereocenters. The summed E-state index contributed by atoms with van der Waals surface area (Å²) in [5.41, 5.74) is 10.5. The van der Waals surface area contributed by atoms with Crippen molar-refractivity contribution in [3.8, 4) is 0 Å². The molecule has 0 saturated heterocycles. The highest BCUT2D eigenvalue weighted by atomic mass is 16.5. The maximum atomic E-state index is 11.7. The third kappa shape index (κ3) is 5.08. The normalized spacial score (nSPS) is 40.3. The van der Waals surface area contributed by atoms with Gasteiger partial charge in [-0.3, -0.25) is 9.59 Å². The fourth-order valence-corrected chi connectivity index (χ4v) is 7.99. The lowest BCUT2D eigenvalue weighted by molar-refractivity contribution is -0.161. The van der Waals surface area contributed by atoms with E-state index >= 15 is 0 Å². The second-order valence-corrected chi connectivity index (χ2v) is 11.3. The molecule has 3 saturated carbocycles. The van der Waals surface area contributed by atoms with Crippen molar-refractivity contribution in [2.24, 2.45) is 45.5 Å². The summed E-state index contributed by atoms with van der Waals surface area (Å²) >= 11 is 0. The summed E-state index contributed by atoms with van der Waals surface area (Å²) in [7, 11) is 0. The molecule has 0 amide bonds. The van der Waals surface area contributed by atoms with E-state index < -0.39 is 0 Å². The number of carbonyl (C=O) groups excluding carboxylic acids is 2. The summed E-state index contributed by atoms with van der Waals surface area (Å²) < 4.78 is 11.1. The van der Waals surface area contributed by atoms with Gasteiger partial charge in [-0.25, -0.2) is 0 Å². The van der Waals surface area contributed by atoms with E-state index in [1.165, 1.54) is 19.4 Å². The molecule has 3 rings (SSSR count). The SMILES string of the molecule is C=C(C)[C@H]1CCC2[C@H](CN=[N+]=[N-])C([C@@]3(C)CC[C@H](OC(C)=O)C[C@@H]3COC(C)=O)CC[C@@]21C. The minimum absolute atomic E-state index is 0.0790. The highest BCUT2D eigenvalue weighted by molar-refractivity contribution is 5.66. The smallest absolute Gasteiger partial charge is 0.302 e. The van der Waals surface area contributed by atoms with Gasteiger partial charge >= 0.3 is 11.9 Å². The largest absolute Gasteiger partial charge is 0.466 e. The van der Waals surface area contributed by atoms with Gasteiger partial charge in [0, 0.05) is 31.2 Å². The van der Waals surface area contributed by atoms with Crippen LogP contribution in [0.15, 0.2) is 17.3 Å². The Balaban J connectivity index is 1.92. The zero-order valence-corrected chi connectivity index (χ0v) is 21.0. The third-order valence-electron chi connectivity index (χ3n) is 9.54. The number of nitrogens with zero attached hydrogens (tertiary/aromatic N) is 3. The molecule has 7 nitrogen and oxygen atoms in total. The van der Waals surface area contributed by atoms with Gasteiger partial charge in [-0.15, -0.1) is 0 Å². The Hall–Kier alpha value is -2.01. The second-order valence-electron chi connectivity index (χ2n) is 11.3. The maximum Gasteiger partial charge on any atom is 0.302 e. The van der Waals surface area contributed by atoms with Crippen LogP contribution in [0.3, 0.4) is 0 Å². The topological polar surface area (TPSA) is 101 Å². The molecule has 0 aromatic heterocycles. The number of fused-ring (bicyclic) bond motifs is 1. The van der Waals surface area contributed by atoms with Crippen LogP contribution in [0.1, 0.15) is 79.6 Å². The van der Waals surface area contributed by atoms with E-state index in [4.69, 9.17) is 15.0 Å². The average molecular weight is 460 g/mol. The molecule has 0 aromatic carbocycles. The Morgan fingerprint density at radius 2 is 1.70 bits per heavy atom. The zero-order chi connectivity index (χ0) is 24.4. The minimum atomic E-state index is -0.283. The lowest BCUT2D eigenvalue weighted by Crippen LogP contribution is -2.53. The van der Waals surface area contributed by atoms with E-state index in [1.54, 1.807) is 0 Å². The van der Waals surface area contributed by atoms with Gasteiger partial charge < -0.3 is 9.47 Å². The fraction of sp³-hybridized carbons (Fsp3) is 0.846. The van der Waals surface area contributed by atoms with Gasteiger partial charge in [0.15, 0.2) is 0 Å². The molecule has 0 radical (unpaired) electrons. The fourth-order valence-electron chi connectivity index (χ4n) is 7.99. The molecule has 3 fully saturated rings.